The van der Waals surface area contributed by atoms with Gasteiger partial charge >= 0.3 is 5.97 Å². The predicted octanol–water partition coefficient (Wildman–Crippen LogP) is 2.12. The van der Waals surface area contributed by atoms with E-state index in [9.17, 15) is 38.7 Å². The summed E-state index contributed by atoms with van der Waals surface area (Å²) in [5.74, 6) is -11.3. The molecule has 0 radical (unpaired) electrons. The number of hydrogen-bond donors (Lipinski definition) is 5. The van der Waals surface area contributed by atoms with Crippen LogP contribution in [0.25, 0.3) is 0 Å². The van der Waals surface area contributed by atoms with Gasteiger partial charge in [-0.15, -0.1) is 0 Å². The number of rotatable bonds is 21. The Hall–Kier alpha value is -6.52. The van der Waals surface area contributed by atoms with Crippen molar-refractivity contribution in [2.75, 3.05) is 95.4 Å². The Bertz CT molecular complexity index is 2640. The summed E-state index contributed by atoms with van der Waals surface area (Å²) in [5, 5.41) is 23.3. The highest BCUT2D eigenvalue weighted by Crippen LogP contribution is 2.26. The van der Waals surface area contributed by atoms with Gasteiger partial charge in [0.15, 0.2) is 0 Å². The second-order valence-electron chi connectivity index (χ2n) is 28.8. The summed E-state index contributed by atoms with van der Waals surface area (Å²) < 4.78 is 17.0. The van der Waals surface area contributed by atoms with Crippen LogP contribution in [-0.2, 0) is 71.7 Å². The summed E-state index contributed by atoms with van der Waals surface area (Å²) in [7, 11) is 9.71. The van der Waals surface area contributed by atoms with Crippen LogP contribution in [0, 0.1) is 35.5 Å². The number of nitrogens with zero attached hydrogens (tertiary/aromatic N) is 8. The molecule has 2 aliphatic rings. The molecular weight excluding hydrogens is 1250 g/mol. The van der Waals surface area contributed by atoms with E-state index in [-0.39, 0.29) is 63.1 Å². The number of hydrogen-bond acceptors (Lipinski definition) is 17. The first-order chi connectivity index (χ1) is 45.1. The van der Waals surface area contributed by atoms with Crippen LogP contribution in [0.2, 0.25) is 0 Å². The van der Waals surface area contributed by atoms with E-state index in [2.05, 4.69) is 26.2 Å². The topological polar surface area (TPSA) is 327 Å². The van der Waals surface area contributed by atoms with Gasteiger partial charge < -0.3 is 74.9 Å². The van der Waals surface area contributed by atoms with Crippen molar-refractivity contribution < 1.29 is 76.9 Å². The number of nitrogens with one attached hydrogen (secondary N) is 4. The zero-order chi connectivity index (χ0) is 74.4. The van der Waals surface area contributed by atoms with Gasteiger partial charge in [-0.1, -0.05) is 83.1 Å². The lowest BCUT2D eigenvalue weighted by atomic mass is 9.91. The van der Waals surface area contributed by atoms with Gasteiger partial charge in [-0.25, -0.2) is 0 Å². The first kappa shape index (κ1) is 86.6. The SMILES string of the molecule is CC[C@@H]1NC(=O)[C@H]([C@H](O)[C@H](C)CCOC(C)=O)N(C)C(=O)[C@H](C(C)C)N(C)C(=O)[C@H](CC(C)C)N(C)C(=O)[C@H](CC(C)C)N(C)C(=O)[C@@H](C)NC(=O)[C@H](C)NC(=O)[C@H](CC(C)C)N(C)C(=O)[C@H](C(C)C)NC(=O)[C@H]([C@@H](C)OCCCCN2CCOCC2)N(C)C(=O)[C@@H](C)N(C)C1=O. The first-order valence-corrected chi connectivity index (χ1v) is 34.9. The minimum Gasteiger partial charge on any atom is -0.466 e. The first-order valence-electron chi connectivity index (χ1n) is 34.9. The molecule has 556 valence electrons. The van der Waals surface area contributed by atoms with Gasteiger partial charge in [-0.3, -0.25) is 62.4 Å². The molecule has 0 aliphatic carbocycles. The van der Waals surface area contributed by atoms with Gasteiger partial charge in [-0.05, 0) is 115 Å². The van der Waals surface area contributed by atoms with Crippen molar-refractivity contribution in [3.8, 4) is 0 Å². The monoisotopic (exact) mass is 1380 g/mol. The maximum absolute atomic E-state index is 15.3. The number of aliphatic hydroxyl groups is 1. The summed E-state index contributed by atoms with van der Waals surface area (Å²) in [6, 6.07) is -14.6. The molecule has 0 bridgehead atoms. The van der Waals surface area contributed by atoms with Gasteiger partial charge in [0.25, 0.3) is 0 Å². The lowest BCUT2D eigenvalue weighted by molar-refractivity contribution is -0.158. The Morgan fingerprint density at radius 3 is 1.48 bits per heavy atom. The predicted molar refractivity (Wildman–Crippen MR) is 367 cm³/mol. The van der Waals surface area contributed by atoms with E-state index in [4.69, 9.17) is 14.2 Å². The molecule has 2 fully saturated rings. The number of amides is 11. The number of carbonyl (C=O) groups excluding carboxylic acids is 12. The summed E-state index contributed by atoms with van der Waals surface area (Å²) in [6.07, 6.45) is -0.995. The van der Waals surface area contributed by atoms with E-state index in [1.54, 1.807) is 48.5 Å². The lowest BCUT2D eigenvalue weighted by Gasteiger charge is -2.41. The maximum Gasteiger partial charge on any atom is 0.302 e. The maximum atomic E-state index is 15.3. The quantitative estimate of drug-likeness (QED) is 0.0812. The molecule has 97 heavy (non-hydrogen) atoms. The molecule has 5 N–H and O–H groups in total. The molecule has 0 saturated carbocycles. The summed E-state index contributed by atoms with van der Waals surface area (Å²) in [6.45, 7) is 31.9. The van der Waals surface area contributed by atoms with Crippen molar-refractivity contribution in [3.05, 3.63) is 0 Å². The van der Waals surface area contributed by atoms with Crippen molar-refractivity contribution >= 4 is 70.9 Å². The van der Waals surface area contributed by atoms with Crippen LogP contribution in [0.3, 0.4) is 0 Å². The average Bonchev–Trinajstić information content (AvgIpc) is 0.824. The largest absolute Gasteiger partial charge is 0.466 e. The number of esters is 1. The molecule has 0 aromatic rings. The van der Waals surface area contributed by atoms with Crippen molar-refractivity contribution in [1.82, 2.24) is 60.5 Å². The highest BCUT2D eigenvalue weighted by molar-refractivity contribution is 6.00. The van der Waals surface area contributed by atoms with Crippen molar-refractivity contribution in [2.24, 2.45) is 35.5 Å². The normalized spacial score (nSPS) is 27.1. The second kappa shape index (κ2) is 40.5. The molecule has 2 saturated heterocycles. The molecule has 28 heteroatoms. The Kier molecular flexibility index (Phi) is 36.2. The standard InChI is InChI=1S/C69H124N12O16/c1-25-50-65(90)74(18)47(15)64(89)79(23)56(48(16)96-32-27-26-29-81-30-34-95-35-31-81)61(86)73-54(42(8)9)68(93)75(19)51(36-39(2)3)60(85)70-45(13)59(84)71-46(14)63(88)76(20)52(37-40(4)5)66(91)77(21)53(38-41(6)7)67(92)78(22)55(43(10)11)69(94)80(24)57(62(87)72-50)58(83)44(12)28-33-97-49(17)82/h39-48,50-58,83H,25-38H2,1-24H3,(H,70,85)(H,71,84)(H,72,87)(H,73,86)/t44-,45+,46-,47-,48-,50+,51+,52+,53+,54+,55+,56+,57+,58-/m1/s1. The van der Waals surface area contributed by atoms with Gasteiger partial charge in [0, 0.05) is 76.0 Å². The number of unbranched alkanes of at least 4 members (excludes halogenated alkanes) is 1. The van der Waals surface area contributed by atoms with Gasteiger partial charge in [0.1, 0.15) is 66.5 Å². The average molecular weight is 1380 g/mol. The van der Waals surface area contributed by atoms with Crippen LogP contribution in [-0.4, -0.2) is 289 Å². The van der Waals surface area contributed by atoms with Crippen LogP contribution >= 0.6 is 0 Å². The van der Waals surface area contributed by atoms with Crippen molar-refractivity contribution in [2.45, 2.75) is 241 Å². The smallest absolute Gasteiger partial charge is 0.302 e. The van der Waals surface area contributed by atoms with Crippen LogP contribution in [0.4, 0.5) is 0 Å². The molecule has 2 aliphatic heterocycles. The van der Waals surface area contributed by atoms with Crippen LogP contribution in [0.1, 0.15) is 163 Å². The molecule has 0 unspecified atom stereocenters. The molecular formula is C69H124N12O16. The number of morpholine rings is 1. The molecule has 14 atom stereocenters. The Balaban J connectivity index is 3.02. The van der Waals surface area contributed by atoms with Crippen molar-refractivity contribution in [1.29, 1.82) is 0 Å². The third kappa shape index (κ3) is 25.0. The van der Waals surface area contributed by atoms with Crippen LogP contribution in [0.5, 0.6) is 0 Å². The molecule has 0 aromatic heterocycles. The van der Waals surface area contributed by atoms with E-state index in [1.165, 1.54) is 96.6 Å². The summed E-state index contributed by atoms with van der Waals surface area (Å²) in [5.41, 5.74) is 0. The summed E-state index contributed by atoms with van der Waals surface area (Å²) in [4.78, 5) is 186. The molecule has 2 heterocycles. The van der Waals surface area contributed by atoms with Gasteiger partial charge in [-0.2, -0.15) is 0 Å². The lowest BCUT2D eigenvalue weighted by Crippen LogP contribution is -2.64. The number of ether oxygens (including phenoxy) is 3. The third-order valence-corrected chi connectivity index (χ3v) is 18.7. The Morgan fingerprint density at radius 2 is 0.979 bits per heavy atom. The Labute approximate surface area is 578 Å². The molecule has 11 amide bonds. The highest BCUT2D eigenvalue weighted by atomic mass is 16.5. The molecule has 0 spiro atoms. The van der Waals surface area contributed by atoms with E-state index in [0.717, 1.165) is 40.8 Å². The molecule has 28 nitrogen and oxygen atoms in total. The highest BCUT2D eigenvalue weighted by Gasteiger charge is 2.47. The zero-order valence-electron chi connectivity index (χ0n) is 63.0. The summed E-state index contributed by atoms with van der Waals surface area (Å²) >= 11 is 0. The second-order valence-corrected chi connectivity index (χ2v) is 28.8. The van der Waals surface area contributed by atoms with E-state index in [0.29, 0.717) is 19.6 Å². The zero-order valence-corrected chi connectivity index (χ0v) is 63.0. The van der Waals surface area contributed by atoms with Gasteiger partial charge in [0.2, 0.25) is 65.0 Å². The van der Waals surface area contributed by atoms with E-state index in [1.807, 2.05) is 41.5 Å². The fourth-order valence-electron chi connectivity index (χ4n) is 12.4. The van der Waals surface area contributed by atoms with Crippen molar-refractivity contribution in [3.63, 3.8) is 0 Å². The molecule has 2 rings (SSSR count). The molecule has 0 aromatic carbocycles. The Morgan fingerprint density at radius 1 is 0.505 bits per heavy atom. The number of aliphatic hydroxyl groups excluding tert-OH is 1. The van der Waals surface area contributed by atoms with Gasteiger partial charge in [0.05, 0.1) is 32.0 Å². The minimum absolute atomic E-state index is 0.0352. The third-order valence-electron chi connectivity index (χ3n) is 18.7. The number of likely N-dealkylation sites (N-methyl/N-ethyl adjacent to an activating group) is 7. The number of carbonyl (C=O) groups is 12. The van der Waals surface area contributed by atoms with E-state index < -0.39 is 167 Å². The van der Waals surface area contributed by atoms with E-state index >= 15 is 24.0 Å². The van der Waals surface area contributed by atoms with Crippen LogP contribution in [0.15, 0.2) is 0 Å². The minimum atomic E-state index is -1.75. The van der Waals surface area contributed by atoms with Crippen LogP contribution < -0.4 is 21.3 Å². The fraction of sp³-hybridized carbons (Fsp3) is 0.826. The fourth-order valence-corrected chi connectivity index (χ4v) is 12.4.